The van der Waals surface area contributed by atoms with Gasteiger partial charge < -0.3 is 15.5 Å². The molecule has 0 spiro atoms. The largest absolute Gasteiger partial charge is 0.481 e. The van der Waals surface area contributed by atoms with Gasteiger partial charge in [-0.3, -0.25) is 4.79 Å². The fraction of sp³-hybridized carbons (Fsp3) is 0.562. The van der Waals surface area contributed by atoms with Gasteiger partial charge >= 0.3 is 5.97 Å². The van der Waals surface area contributed by atoms with Crippen LogP contribution in [0.4, 0.5) is 0 Å². The topological polar surface area (TPSA) is 69.6 Å². The number of aliphatic hydroxyl groups is 1. The molecule has 1 aliphatic carbocycles. The highest BCUT2D eigenvalue weighted by molar-refractivity contribution is 5.66. The third-order valence-corrected chi connectivity index (χ3v) is 3.84. The fourth-order valence-electron chi connectivity index (χ4n) is 2.68. The number of rotatable bonds is 7. The molecule has 4 heteroatoms. The first-order chi connectivity index (χ1) is 9.66. The van der Waals surface area contributed by atoms with Crippen molar-refractivity contribution in [3.8, 4) is 0 Å². The summed E-state index contributed by atoms with van der Waals surface area (Å²) in [6, 6.07) is 6.27. The Morgan fingerprint density at radius 3 is 2.75 bits per heavy atom. The molecule has 1 unspecified atom stereocenters. The van der Waals surface area contributed by atoms with Crippen LogP contribution < -0.4 is 5.32 Å². The van der Waals surface area contributed by atoms with Gasteiger partial charge in [0.25, 0.3) is 0 Å². The van der Waals surface area contributed by atoms with Crippen molar-refractivity contribution in [1.29, 1.82) is 0 Å². The molecule has 110 valence electrons. The van der Waals surface area contributed by atoms with Gasteiger partial charge in [-0.15, -0.1) is 0 Å². The Kier molecular flexibility index (Phi) is 5.56. The molecule has 0 fully saturated rings. The number of hydrogen-bond acceptors (Lipinski definition) is 3. The molecule has 0 heterocycles. The Bertz CT molecular complexity index is 459. The van der Waals surface area contributed by atoms with E-state index < -0.39 is 12.1 Å². The van der Waals surface area contributed by atoms with Crippen molar-refractivity contribution >= 4 is 5.97 Å². The Labute approximate surface area is 119 Å². The SMILES string of the molecule is O=C(O)CCCNCC(O)c1ccc2c(c1)CCCC2. The maximum absolute atomic E-state index is 10.4. The van der Waals surface area contributed by atoms with Crippen LogP contribution in [0.25, 0.3) is 0 Å². The quantitative estimate of drug-likeness (QED) is 0.667. The summed E-state index contributed by atoms with van der Waals surface area (Å²) in [7, 11) is 0. The average Bonchev–Trinajstić information content (AvgIpc) is 2.46. The number of hydrogen-bond donors (Lipinski definition) is 3. The maximum atomic E-state index is 10.4. The zero-order chi connectivity index (χ0) is 14.4. The van der Waals surface area contributed by atoms with Crippen LogP contribution in [0.2, 0.25) is 0 Å². The minimum Gasteiger partial charge on any atom is -0.481 e. The van der Waals surface area contributed by atoms with E-state index in [0.717, 1.165) is 18.4 Å². The van der Waals surface area contributed by atoms with Crippen LogP contribution in [0.3, 0.4) is 0 Å². The second kappa shape index (κ2) is 7.41. The first-order valence-corrected chi connectivity index (χ1v) is 7.39. The van der Waals surface area contributed by atoms with Crippen molar-refractivity contribution in [2.75, 3.05) is 13.1 Å². The molecular weight excluding hydrogens is 254 g/mol. The number of aliphatic hydroxyl groups excluding tert-OH is 1. The highest BCUT2D eigenvalue weighted by Crippen LogP contribution is 2.24. The Morgan fingerprint density at radius 2 is 2.00 bits per heavy atom. The number of fused-ring (bicyclic) bond motifs is 1. The van der Waals surface area contributed by atoms with Crippen molar-refractivity contribution < 1.29 is 15.0 Å². The van der Waals surface area contributed by atoms with Crippen molar-refractivity contribution in [2.45, 2.75) is 44.6 Å². The molecule has 0 bridgehead atoms. The van der Waals surface area contributed by atoms with Gasteiger partial charge in [-0.1, -0.05) is 18.2 Å². The lowest BCUT2D eigenvalue weighted by atomic mass is 9.89. The number of benzene rings is 1. The average molecular weight is 277 g/mol. The van der Waals surface area contributed by atoms with Gasteiger partial charge in [0.2, 0.25) is 0 Å². The molecule has 0 saturated carbocycles. The Hall–Kier alpha value is -1.39. The Morgan fingerprint density at radius 1 is 1.25 bits per heavy atom. The van der Waals surface area contributed by atoms with E-state index in [1.54, 1.807) is 0 Å². The third kappa shape index (κ3) is 4.32. The number of carboxylic acid groups (broad SMARTS) is 1. The molecule has 4 nitrogen and oxygen atoms in total. The van der Waals surface area contributed by atoms with Gasteiger partial charge in [0.15, 0.2) is 0 Å². The second-order valence-corrected chi connectivity index (χ2v) is 5.45. The molecule has 0 saturated heterocycles. The number of carboxylic acids is 1. The van der Waals surface area contributed by atoms with E-state index in [9.17, 15) is 9.90 Å². The summed E-state index contributed by atoms with van der Waals surface area (Å²) in [5.74, 6) is -0.776. The van der Waals surface area contributed by atoms with Gasteiger partial charge in [0, 0.05) is 13.0 Å². The van der Waals surface area contributed by atoms with Crippen LogP contribution in [-0.2, 0) is 17.6 Å². The standard InChI is InChI=1S/C16H23NO3/c18-15(11-17-9-3-6-16(19)20)14-8-7-12-4-1-2-5-13(12)10-14/h7-8,10,15,17-18H,1-6,9,11H2,(H,19,20). The van der Waals surface area contributed by atoms with E-state index in [1.807, 2.05) is 6.07 Å². The summed E-state index contributed by atoms with van der Waals surface area (Å²) in [4.78, 5) is 10.4. The van der Waals surface area contributed by atoms with E-state index in [-0.39, 0.29) is 6.42 Å². The van der Waals surface area contributed by atoms with E-state index in [4.69, 9.17) is 5.11 Å². The smallest absolute Gasteiger partial charge is 0.303 e. The molecule has 0 aromatic heterocycles. The fourth-order valence-corrected chi connectivity index (χ4v) is 2.68. The molecule has 1 aromatic rings. The molecule has 2 rings (SSSR count). The monoisotopic (exact) mass is 277 g/mol. The molecular formula is C16H23NO3. The molecule has 1 aliphatic rings. The van der Waals surface area contributed by atoms with Gasteiger partial charge in [-0.25, -0.2) is 0 Å². The van der Waals surface area contributed by atoms with Gasteiger partial charge in [-0.05, 0) is 55.3 Å². The van der Waals surface area contributed by atoms with Crippen molar-refractivity contribution in [3.05, 3.63) is 34.9 Å². The van der Waals surface area contributed by atoms with E-state index in [0.29, 0.717) is 19.5 Å². The predicted octanol–water partition coefficient (Wildman–Crippen LogP) is 2.05. The summed E-state index contributed by atoms with van der Waals surface area (Å²) in [6.07, 6.45) is 5.00. The van der Waals surface area contributed by atoms with Crippen LogP contribution >= 0.6 is 0 Å². The summed E-state index contributed by atoms with van der Waals surface area (Å²) < 4.78 is 0. The van der Waals surface area contributed by atoms with Crippen molar-refractivity contribution in [2.24, 2.45) is 0 Å². The van der Waals surface area contributed by atoms with Gasteiger partial charge in [-0.2, -0.15) is 0 Å². The summed E-state index contributed by atoms with van der Waals surface area (Å²) in [5.41, 5.74) is 3.75. The van der Waals surface area contributed by atoms with Crippen LogP contribution in [0, 0.1) is 0 Å². The van der Waals surface area contributed by atoms with Crippen LogP contribution in [0.5, 0.6) is 0 Å². The normalized spacial score (nSPS) is 15.7. The lowest BCUT2D eigenvalue weighted by Gasteiger charge is -2.19. The summed E-state index contributed by atoms with van der Waals surface area (Å²) in [6.45, 7) is 1.09. The first kappa shape index (κ1) is 15.0. The number of aliphatic carboxylic acids is 1. The zero-order valence-corrected chi connectivity index (χ0v) is 11.8. The van der Waals surface area contributed by atoms with Crippen LogP contribution in [0.1, 0.15) is 48.5 Å². The molecule has 3 N–H and O–H groups in total. The number of carbonyl (C=O) groups is 1. The summed E-state index contributed by atoms with van der Waals surface area (Å²) in [5, 5.41) is 21.8. The lowest BCUT2D eigenvalue weighted by Crippen LogP contribution is -2.23. The van der Waals surface area contributed by atoms with E-state index >= 15 is 0 Å². The minimum absolute atomic E-state index is 0.169. The highest BCUT2D eigenvalue weighted by atomic mass is 16.4. The second-order valence-electron chi connectivity index (χ2n) is 5.45. The van der Waals surface area contributed by atoms with E-state index in [1.165, 1.54) is 24.0 Å². The Balaban J connectivity index is 1.80. The van der Waals surface area contributed by atoms with E-state index in [2.05, 4.69) is 17.4 Å². The van der Waals surface area contributed by atoms with Crippen molar-refractivity contribution in [1.82, 2.24) is 5.32 Å². The highest BCUT2D eigenvalue weighted by Gasteiger charge is 2.13. The minimum atomic E-state index is -0.776. The molecule has 0 aliphatic heterocycles. The molecule has 0 radical (unpaired) electrons. The van der Waals surface area contributed by atoms with Crippen LogP contribution in [-0.4, -0.2) is 29.3 Å². The molecule has 1 aromatic carbocycles. The first-order valence-electron chi connectivity index (χ1n) is 7.39. The third-order valence-electron chi connectivity index (χ3n) is 3.84. The van der Waals surface area contributed by atoms with Crippen LogP contribution in [0.15, 0.2) is 18.2 Å². The molecule has 20 heavy (non-hydrogen) atoms. The number of aryl methyl sites for hydroxylation is 2. The predicted molar refractivity (Wildman–Crippen MR) is 77.8 cm³/mol. The summed E-state index contributed by atoms with van der Waals surface area (Å²) >= 11 is 0. The molecule has 0 amide bonds. The van der Waals surface area contributed by atoms with Gasteiger partial charge in [0.1, 0.15) is 0 Å². The number of nitrogens with one attached hydrogen (secondary N) is 1. The van der Waals surface area contributed by atoms with Crippen molar-refractivity contribution in [3.63, 3.8) is 0 Å². The zero-order valence-electron chi connectivity index (χ0n) is 11.8. The van der Waals surface area contributed by atoms with Gasteiger partial charge in [0.05, 0.1) is 6.10 Å². The maximum Gasteiger partial charge on any atom is 0.303 e. The molecule has 1 atom stereocenters. The lowest BCUT2D eigenvalue weighted by molar-refractivity contribution is -0.137.